The van der Waals surface area contributed by atoms with Gasteiger partial charge < -0.3 is 10.1 Å². The highest BCUT2D eigenvalue weighted by atomic mass is 127. The van der Waals surface area contributed by atoms with E-state index in [0.717, 1.165) is 21.3 Å². The molecule has 27 heavy (non-hydrogen) atoms. The van der Waals surface area contributed by atoms with Crippen LogP contribution in [0.3, 0.4) is 0 Å². The number of carbonyl (C=O) groups is 2. The molecule has 1 aromatic heterocycles. The van der Waals surface area contributed by atoms with Gasteiger partial charge in [-0.3, -0.25) is 4.79 Å². The number of anilines is 1. The summed E-state index contributed by atoms with van der Waals surface area (Å²) < 4.78 is 6.08. The maximum Gasteiger partial charge on any atom is 0.339 e. The van der Waals surface area contributed by atoms with E-state index in [9.17, 15) is 9.59 Å². The van der Waals surface area contributed by atoms with Crippen LogP contribution in [0.15, 0.2) is 48.5 Å². The van der Waals surface area contributed by atoms with Crippen molar-refractivity contribution < 1.29 is 14.3 Å². The standard InChI is InChI=1S/C19H16IN3O3S/c1-2-12-7-9-13(10-8-12)21-17(24)18-23-22-16(27-18)11-26-19(25)14-5-3-4-6-15(14)20/h3-10H,2,11H2,1H3,(H,21,24). The van der Waals surface area contributed by atoms with Crippen molar-refractivity contribution in [3.05, 3.63) is 73.2 Å². The van der Waals surface area contributed by atoms with Gasteiger partial charge >= 0.3 is 5.97 Å². The lowest BCUT2D eigenvalue weighted by Crippen LogP contribution is -2.11. The summed E-state index contributed by atoms with van der Waals surface area (Å²) in [7, 11) is 0. The van der Waals surface area contributed by atoms with Crippen LogP contribution in [0.4, 0.5) is 5.69 Å². The maximum absolute atomic E-state index is 12.3. The first-order valence-corrected chi connectivity index (χ1v) is 10.1. The molecule has 0 saturated heterocycles. The Kier molecular flexibility index (Phi) is 6.51. The van der Waals surface area contributed by atoms with Crippen LogP contribution in [0, 0.1) is 3.57 Å². The van der Waals surface area contributed by atoms with Crippen molar-refractivity contribution in [3.8, 4) is 0 Å². The number of nitrogens with zero attached hydrogens (tertiary/aromatic N) is 2. The molecular formula is C19H16IN3O3S. The molecule has 0 fully saturated rings. The van der Waals surface area contributed by atoms with Crippen LogP contribution in [0.5, 0.6) is 0 Å². The van der Waals surface area contributed by atoms with Crippen LogP contribution >= 0.6 is 33.9 Å². The van der Waals surface area contributed by atoms with Crippen molar-refractivity contribution in [2.45, 2.75) is 20.0 Å². The second kappa shape index (κ2) is 9.05. The van der Waals surface area contributed by atoms with Crippen LogP contribution in [0.2, 0.25) is 0 Å². The highest BCUT2D eigenvalue weighted by Gasteiger charge is 2.16. The Labute approximate surface area is 174 Å². The van der Waals surface area contributed by atoms with Crippen molar-refractivity contribution in [3.63, 3.8) is 0 Å². The first kappa shape index (κ1) is 19.4. The second-order valence-electron chi connectivity index (χ2n) is 5.56. The molecule has 8 heteroatoms. The van der Waals surface area contributed by atoms with E-state index < -0.39 is 5.97 Å². The normalized spacial score (nSPS) is 10.4. The Bertz CT molecular complexity index is 957. The van der Waals surface area contributed by atoms with Crippen molar-refractivity contribution in [2.75, 3.05) is 5.32 Å². The van der Waals surface area contributed by atoms with Gasteiger partial charge in [0.15, 0.2) is 5.01 Å². The Morgan fingerprint density at radius 3 is 2.56 bits per heavy atom. The van der Waals surface area contributed by atoms with E-state index in [0.29, 0.717) is 16.3 Å². The van der Waals surface area contributed by atoms with Crippen molar-refractivity contribution in [1.29, 1.82) is 0 Å². The van der Waals surface area contributed by atoms with Crippen LogP contribution in [0.1, 0.15) is 37.7 Å². The molecule has 1 amide bonds. The lowest BCUT2D eigenvalue weighted by atomic mass is 10.1. The zero-order valence-corrected chi connectivity index (χ0v) is 17.4. The van der Waals surface area contributed by atoms with Gasteiger partial charge in [0.2, 0.25) is 5.01 Å². The molecule has 2 aromatic carbocycles. The molecule has 1 heterocycles. The third kappa shape index (κ3) is 5.10. The zero-order valence-electron chi connectivity index (χ0n) is 14.4. The highest BCUT2D eigenvalue weighted by molar-refractivity contribution is 14.1. The van der Waals surface area contributed by atoms with Gasteiger partial charge in [0.25, 0.3) is 5.91 Å². The Morgan fingerprint density at radius 1 is 1.11 bits per heavy atom. The van der Waals surface area contributed by atoms with Gasteiger partial charge in [-0.15, -0.1) is 10.2 Å². The number of rotatable bonds is 6. The molecule has 1 N–H and O–H groups in total. The summed E-state index contributed by atoms with van der Waals surface area (Å²) in [5.74, 6) is -0.774. The summed E-state index contributed by atoms with van der Waals surface area (Å²) >= 11 is 3.17. The molecule has 0 aliphatic heterocycles. The average Bonchev–Trinajstić information content (AvgIpc) is 3.16. The number of hydrogen-bond acceptors (Lipinski definition) is 6. The minimum atomic E-state index is -0.433. The van der Waals surface area contributed by atoms with Gasteiger partial charge in [-0.25, -0.2) is 4.79 Å². The van der Waals surface area contributed by atoms with E-state index >= 15 is 0 Å². The Balaban J connectivity index is 1.58. The molecule has 0 unspecified atom stereocenters. The van der Waals surface area contributed by atoms with Crippen LogP contribution in [-0.4, -0.2) is 22.1 Å². The van der Waals surface area contributed by atoms with Crippen molar-refractivity contribution in [1.82, 2.24) is 10.2 Å². The summed E-state index contributed by atoms with van der Waals surface area (Å²) in [5, 5.41) is 11.3. The van der Waals surface area contributed by atoms with Crippen LogP contribution in [-0.2, 0) is 17.8 Å². The van der Waals surface area contributed by atoms with Crippen molar-refractivity contribution >= 4 is 51.5 Å². The predicted octanol–water partition coefficient (Wildman–Crippen LogP) is 4.31. The monoisotopic (exact) mass is 493 g/mol. The van der Waals surface area contributed by atoms with Gasteiger partial charge in [0, 0.05) is 9.26 Å². The molecule has 0 aliphatic rings. The number of amides is 1. The van der Waals surface area contributed by atoms with Crippen molar-refractivity contribution in [2.24, 2.45) is 0 Å². The number of benzene rings is 2. The van der Waals surface area contributed by atoms with E-state index in [1.807, 2.05) is 36.4 Å². The Morgan fingerprint density at radius 2 is 1.85 bits per heavy atom. The SMILES string of the molecule is CCc1ccc(NC(=O)c2nnc(COC(=O)c3ccccc3I)s2)cc1. The van der Waals surface area contributed by atoms with Crippen LogP contribution < -0.4 is 5.32 Å². The van der Waals surface area contributed by atoms with E-state index in [-0.39, 0.29) is 17.5 Å². The number of nitrogens with one attached hydrogen (secondary N) is 1. The quantitative estimate of drug-likeness (QED) is 0.409. The minimum Gasteiger partial charge on any atom is -0.455 e. The molecule has 3 aromatic rings. The average molecular weight is 493 g/mol. The summed E-state index contributed by atoms with van der Waals surface area (Å²) in [6.07, 6.45) is 0.939. The molecular weight excluding hydrogens is 477 g/mol. The minimum absolute atomic E-state index is 0.0278. The fraction of sp³-hybridized carbons (Fsp3) is 0.158. The lowest BCUT2D eigenvalue weighted by molar-refractivity contribution is 0.0470. The molecule has 0 atom stereocenters. The largest absolute Gasteiger partial charge is 0.455 e. The summed E-state index contributed by atoms with van der Waals surface area (Å²) in [4.78, 5) is 24.4. The summed E-state index contributed by atoms with van der Waals surface area (Å²) in [5.41, 5.74) is 2.39. The van der Waals surface area contributed by atoms with Gasteiger partial charge in [0.05, 0.1) is 5.56 Å². The number of hydrogen-bond donors (Lipinski definition) is 1. The first-order valence-electron chi connectivity index (χ1n) is 8.21. The Hall–Kier alpha value is -2.33. The molecule has 0 saturated carbocycles. The molecule has 3 rings (SSSR count). The summed E-state index contributed by atoms with van der Waals surface area (Å²) in [6, 6.07) is 14.8. The van der Waals surface area contributed by atoms with Gasteiger partial charge in [-0.1, -0.05) is 42.5 Å². The van der Waals surface area contributed by atoms with E-state index in [1.165, 1.54) is 5.56 Å². The fourth-order valence-electron chi connectivity index (χ4n) is 2.24. The van der Waals surface area contributed by atoms with Crippen LogP contribution in [0.25, 0.3) is 0 Å². The number of halogens is 1. The molecule has 0 radical (unpaired) electrons. The topological polar surface area (TPSA) is 81.2 Å². The highest BCUT2D eigenvalue weighted by Crippen LogP contribution is 2.17. The third-order valence-corrected chi connectivity index (χ3v) is 5.54. The van der Waals surface area contributed by atoms with E-state index in [1.54, 1.807) is 12.1 Å². The maximum atomic E-state index is 12.3. The summed E-state index contributed by atoms with van der Waals surface area (Å²) in [6.45, 7) is 2.04. The van der Waals surface area contributed by atoms with Gasteiger partial charge in [-0.05, 0) is 58.8 Å². The second-order valence-corrected chi connectivity index (χ2v) is 7.79. The molecule has 0 aliphatic carbocycles. The molecule has 0 bridgehead atoms. The number of aryl methyl sites for hydroxylation is 1. The lowest BCUT2D eigenvalue weighted by Gasteiger charge is -2.04. The number of carbonyl (C=O) groups excluding carboxylic acids is 2. The molecule has 6 nitrogen and oxygen atoms in total. The smallest absolute Gasteiger partial charge is 0.339 e. The first-order chi connectivity index (χ1) is 13.1. The number of esters is 1. The number of ether oxygens (including phenoxy) is 1. The number of aromatic nitrogens is 2. The zero-order chi connectivity index (χ0) is 19.2. The predicted molar refractivity (Wildman–Crippen MR) is 112 cm³/mol. The third-order valence-electron chi connectivity index (χ3n) is 3.70. The molecule has 0 spiro atoms. The van der Waals surface area contributed by atoms with E-state index in [2.05, 4.69) is 45.0 Å². The fourth-order valence-corrected chi connectivity index (χ4v) is 3.50. The van der Waals surface area contributed by atoms with Gasteiger partial charge in [0.1, 0.15) is 6.61 Å². The van der Waals surface area contributed by atoms with Gasteiger partial charge in [-0.2, -0.15) is 0 Å². The molecule has 138 valence electrons. The van der Waals surface area contributed by atoms with E-state index in [4.69, 9.17) is 4.74 Å².